The Labute approximate surface area is 388 Å². The van der Waals surface area contributed by atoms with Gasteiger partial charge in [-0.2, -0.15) is 0 Å². The number of fused-ring (bicyclic) bond motifs is 7. The van der Waals surface area contributed by atoms with Gasteiger partial charge in [-0.25, -0.2) is 0 Å². The average molecular weight is 855 g/mol. The summed E-state index contributed by atoms with van der Waals surface area (Å²) >= 11 is 0. The summed E-state index contributed by atoms with van der Waals surface area (Å²) in [6, 6.07) is 91.9. The minimum Gasteiger partial charge on any atom is -0.456 e. The van der Waals surface area contributed by atoms with Crippen molar-refractivity contribution in [1.82, 2.24) is 4.57 Å². The fourth-order valence-corrected chi connectivity index (χ4v) is 10.2. The van der Waals surface area contributed by atoms with E-state index in [1.807, 2.05) is 12.1 Å². The number of rotatable bonds is 8. The van der Waals surface area contributed by atoms with E-state index in [1.165, 1.54) is 60.5 Å². The first-order valence-corrected chi connectivity index (χ1v) is 22.9. The van der Waals surface area contributed by atoms with E-state index in [0.29, 0.717) is 0 Å². The van der Waals surface area contributed by atoms with Crippen LogP contribution < -0.4 is 4.90 Å². The maximum atomic E-state index is 6.39. The summed E-state index contributed by atoms with van der Waals surface area (Å²) in [4.78, 5) is 2.37. The third kappa shape index (κ3) is 6.67. The molecule has 0 aliphatic rings. The number of anilines is 3. The molecular formula is C64H42N2O. The van der Waals surface area contributed by atoms with Crippen LogP contribution in [0.1, 0.15) is 0 Å². The quantitative estimate of drug-likeness (QED) is 0.152. The zero-order valence-electron chi connectivity index (χ0n) is 36.6. The molecule has 0 saturated heterocycles. The predicted octanol–water partition coefficient (Wildman–Crippen LogP) is 18.0. The van der Waals surface area contributed by atoms with Crippen molar-refractivity contribution in [1.29, 1.82) is 0 Å². The molecule has 11 aromatic carbocycles. The molecule has 0 N–H and O–H groups in total. The zero-order chi connectivity index (χ0) is 44.3. The van der Waals surface area contributed by atoms with Crippen molar-refractivity contribution >= 4 is 71.6 Å². The van der Waals surface area contributed by atoms with Gasteiger partial charge in [0.25, 0.3) is 0 Å². The Morgan fingerprint density at radius 1 is 0.299 bits per heavy atom. The van der Waals surface area contributed by atoms with Crippen LogP contribution in [0.5, 0.6) is 0 Å². The maximum absolute atomic E-state index is 6.39. The molecule has 67 heavy (non-hydrogen) atoms. The third-order valence-corrected chi connectivity index (χ3v) is 13.4. The molecule has 0 unspecified atom stereocenters. The second-order valence-electron chi connectivity index (χ2n) is 17.3. The predicted molar refractivity (Wildman–Crippen MR) is 282 cm³/mol. The molecule has 13 aromatic rings. The minimum atomic E-state index is 0.883. The standard InChI is InChI=1S/C64H42N2O/c1-2-13-43(14-3-1)45-31-35-50(36-32-45)65(51-37-33-46(34-38-51)44-27-29-48(30-28-44)55-22-11-16-47-15-4-5-19-54(47)55)52-18-10-17-49(41-52)56-23-12-25-61-64(56)59-21-6-8-24-60(59)66(61)53-39-40-58-57-20-7-9-26-62(57)67-63(58)42-53/h1-42H. The third-order valence-electron chi connectivity index (χ3n) is 13.4. The van der Waals surface area contributed by atoms with E-state index in [0.717, 1.165) is 61.3 Å². The first-order valence-electron chi connectivity index (χ1n) is 22.9. The van der Waals surface area contributed by atoms with Crippen molar-refractivity contribution in [2.24, 2.45) is 0 Å². The molecule has 0 bridgehead atoms. The molecule has 0 aliphatic carbocycles. The summed E-state index contributed by atoms with van der Waals surface area (Å²) in [5, 5.41) is 7.20. The monoisotopic (exact) mass is 854 g/mol. The molecule has 0 amide bonds. The average Bonchev–Trinajstić information content (AvgIpc) is 3.95. The normalized spacial score (nSPS) is 11.6. The highest BCUT2D eigenvalue weighted by Gasteiger charge is 2.20. The van der Waals surface area contributed by atoms with E-state index in [9.17, 15) is 0 Å². The SMILES string of the molecule is c1ccc(-c2ccc(N(c3ccc(-c4ccc(-c5cccc6ccccc56)cc4)cc3)c3cccc(-c4cccc5c4c4ccccc4n5-c4ccc5c(c4)oc4ccccc45)c3)cc2)cc1. The Morgan fingerprint density at radius 2 is 0.836 bits per heavy atom. The van der Waals surface area contributed by atoms with Gasteiger partial charge in [-0.3, -0.25) is 0 Å². The Balaban J connectivity index is 0.903. The zero-order valence-corrected chi connectivity index (χ0v) is 36.6. The lowest BCUT2D eigenvalue weighted by Gasteiger charge is -2.26. The molecule has 2 heterocycles. The Bertz CT molecular complexity index is 3950. The number of hydrogen-bond acceptors (Lipinski definition) is 2. The lowest BCUT2D eigenvalue weighted by Crippen LogP contribution is -2.10. The summed E-state index contributed by atoms with van der Waals surface area (Å²) in [7, 11) is 0. The van der Waals surface area contributed by atoms with E-state index >= 15 is 0 Å². The number of nitrogens with zero attached hydrogens (tertiary/aromatic N) is 2. The van der Waals surface area contributed by atoms with Crippen LogP contribution in [0.3, 0.4) is 0 Å². The summed E-state index contributed by atoms with van der Waals surface area (Å²) in [6.07, 6.45) is 0. The van der Waals surface area contributed by atoms with Crippen LogP contribution in [0.2, 0.25) is 0 Å². The number of para-hydroxylation sites is 2. The number of benzene rings is 11. The van der Waals surface area contributed by atoms with Crippen LogP contribution >= 0.6 is 0 Å². The fraction of sp³-hybridized carbons (Fsp3) is 0. The molecule has 0 radical (unpaired) electrons. The van der Waals surface area contributed by atoms with Gasteiger partial charge in [-0.05, 0) is 122 Å². The van der Waals surface area contributed by atoms with E-state index in [-0.39, 0.29) is 0 Å². The molecular weight excluding hydrogens is 813 g/mol. The van der Waals surface area contributed by atoms with E-state index in [2.05, 4.69) is 252 Å². The van der Waals surface area contributed by atoms with Crippen LogP contribution in [-0.4, -0.2) is 4.57 Å². The lowest BCUT2D eigenvalue weighted by atomic mass is 9.96. The van der Waals surface area contributed by atoms with Gasteiger partial charge in [0.2, 0.25) is 0 Å². The van der Waals surface area contributed by atoms with Crippen LogP contribution in [0.4, 0.5) is 17.1 Å². The van der Waals surface area contributed by atoms with Crippen LogP contribution in [0.25, 0.3) is 105 Å². The van der Waals surface area contributed by atoms with Crippen molar-refractivity contribution in [2.45, 2.75) is 0 Å². The highest BCUT2D eigenvalue weighted by Crippen LogP contribution is 2.43. The Hall–Kier alpha value is -8.92. The fourth-order valence-electron chi connectivity index (χ4n) is 10.2. The molecule has 2 aromatic heterocycles. The van der Waals surface area contributed by atoms with Gasteiger partial charge >= 0.3 is 0 Å². The number of furan rings is 1. The molecule has 0 aliphatic heterocycles. The number of hydrogen-bond donors (Lipinski definition) is 0. The first-order chi connectivity index (χ1) is 33.2. The summed E-state index contributed by atoms with van der Waals surface area (Å²) in [5.74, 6) is 0. The molecule has 0 spiro atoms. The minimum absolute atomic E-state index is 0.883. The van der Waals surface area contributed by atoms with Crippen molar-refractivity contribution in [3.05, 3.63) is 255 Å². The van der Waals surface area contributed by atoms with Gasteiger partial charge < -0.3 is 13.9 Å². The van der Waals surface area contributed by atoms with Crippen molar-refractivity contribution in [3.8, 4) is 50.2 Å². The highest BCUT2D eigenvalue weighted by atomic mass is 16.3. The highest BCUT2D eigenvalue weighted by molar-refractivity contribution is 6.16. The second-order valence-corrected chi connectivity index (χ2v) is 17.3. The number of aromatic nitrogens is 1. The maximum Gasteiger partial charge on any atom is 0.137 e. The van der Waals surface area contributed by atoms with Gasteiger partial charge in [0, 0.05) is 50.4 Å². The first kappa shape index (κ1) is 38.5. The largest absolute Gasteiger partial charge is 0.456 e. The molecule has 0 atom stereocenters. The van der Waals surface area contributed by atoms with Gasteiger partial charge in [-0.1, -0.05) is 182 Å². The van der Waals surface area contributed by atoms with Crippen LogP contribution in [0, 0.1) is 0 Å². The van der Waals surface area contributed by atoms with Gasteiger partial charge in [0.1, 0.15) is 11.2 Å². The van der Waals surface area contributed by atoms with Crippen LogP contribution in [-0.2, 0) is 0 Å². The van der Waals surface area contributed by atoms with Crippen LogP contribution in [0.15, 0.2) is 259 Å². The Morgan fingerprint density at radius 3 is 1.61 bits per heavy atom. The molecule has 0 fully saturated rings. The molecule has 3 nitrogen and oxygen atoms in total. The molecule has 3 heteroatoms. The van der Waals surface area contributed by atoms with E-state index in [4.69, 9.17) is 4.42 Å². The van der Waals surface area contributed by atoms with E-state index < -0.39 is 0 Å². The molecule has 314 valence electrons. The summed E-state index contributed by atoms with van der Waals surface area (Å²) in [6.45, 7) is 0. The summed E-state index contributed by atoms with van der Waals surface area (Å²) in [5.41, 5.74) is 17.9. The Kier molecular flexibility index (Phi) is 9.17. The lowest BCUT2D eigenvalue weighted by molar-refractivity contribution is 0.668. The van der Waals surface area contributed by atoms with Crippen molar-refractivity contribution < 1.29 is 4.42 Å². The summed E-state index contributed by atoms with van der Waals surface area (Å²) < 4.78 is 8.77. The smallest absolute Gasteiger partial charge is 0.137 e. The molecule has 0 saturated carbocycles. The van der Waals surface area contributed by atoms with Gasteiger partial charge in [-0.15, -0.1) is 0 Å². The van der Waals surface area contributed by atoms with Crippen molar-refractivity contribution in [3.63, 3.8) is 0 Å². The van der Waals surface area contributed by atoms with Crippen molar-refractivity contribution in [2.75, 3.05) is 4.90 Å². The van der Waals surface area contributed by atoms with Gasteiger partial charge in [0.15, 0.2) is 0 Å². The molecule has 13 rings (SSSR count). The van der Waals surface area contributed by atoms with Gasteiger partial charge in [0.05, 0.1) is 11.0 Å². The van der Waals surface area contributed by atoms with E-state index in [1.54, 1.807) is 0 Å². The second kappa shape index (κ2) is 16.0. The topological polar surface area (TPSA) is 21.3 Å².